The van der Waals surface area contributed by atoms with Crippen molar-refractivity contribution in [3.8, 4) is 33.8 Å². The molecule has 4 nitrogen and oxygen atoms in total. The van der Waals surface area contributed by atoms with Crippen LogP contribution in [-0.4, -0.2) is 19.1 Å². The van der Waals surface area contributed by atoms with E-state index < -0.39 is 0 Å². The number of rotatable bonds is 4. The van der Waals surface area contributed by atoms with Crippen molar-refractivity contribution >= 4 is 54.5 Å². The number of pyridine rings is 2. The molecule has 10 rings (SSSR count). The second-order valence-corrected chi connectivity index (χ2v) is 12.3. The van der Waals surface area contributed by atoms with Crippen LogP contribution in [-0.2, 0) is 0 Å². The molecule has 0 aliphatic carbocycles. The molecule has 48 heavy (non-hydrogen) atoms. The molecule has 0 fully saturated rings. The van der Waals surface area contributed by atoms with Gasteiger partial charge in [0.1, 0.15) is 5.82 Å². The van der Waals surface area contributed by atoms with Crippen molar-refractivity contribution in [3.05, 3.63) is 170 Å². The minimum atomic E-state index is 0.897. The van der Waals surface area contributed by atoms with Crippen molar-refractivity contribution in [3.63, 3.8) is 0 Å². The molecule has 0 aliphatic rings. The first-order chi connectivity index (χ1) is 23.8. The van der Waals surface area contributed by atoms with E-state index in [0.29, 0.717) is 0 Å². The van der Waals surface area contributed by atoms with Crippen LogP contribution in [0.25, 0.3) is 88.3 Å². The fourth-order valence-electron chi connectivity index (χ4n) is 7.47. The molecule has 0 amide bonds. The first-order valence-corrected chi connectivity index (χ1v) is 16.2. The Labute approximate surface area is 276 Å². The van der Waals surface area contributed by atoms with Gasteiger partial charge in [-0.1, -0.05) is 91.0 Å². The van der Waals surface area contributed by atoms with Crippen LogP contribution in [0.1, 0.15) is 0 Å². The summed E-state index contributed by atoms with van der Waals surface area (Å²) in [7, 11) is 0. The van der Waals surface area contributed by atoms with E-state index in [-0.39, 0.29) is 0 Å². The summed E-state index contributed by atoms with van der Waals surface area (Å²) in [4.78, 5) is 9.62. The Kier molecular flexibility index (Phi) is 5.84. The van der Waals surface area contributed by atoms with Gasteiger partial charge < -0.3 is 4.57 Å². The summed E-state index contributed by atoms with van der Waals surface area (Å²) in [6.45, 7) is 0. The van der Waals surface area contributed by atoms with Crippen LogP contribution in [0.3, 0.4) is 0 Å². The molecule has 4 aromatic heterocycles. The first-order valence-electron chi connectivity index (χ1n) is 16.2. The molecule has 6 aromatic carbocycles. The van der Waals surface area contributed by atoms with Gasteiger partial charge in [-0.15, -0.1) is 0 Å². The molecule has 10 aromatic rings. The van der Waals surface area contributed by atoms with E-state index in [4.69, 9.17) is 4.98 Å². The monoisotopic (exact) mass is 612 g/mol. The maximum absolute atomic E-state index is 5.38. The molecule has 224 valence electrons. The van der Waals surface area contributed by atoms with E-state index in [1.807, 2.05) is 12.4 Å². The third kappa shape index (κ3) is 4.03. The highest BCUT2D eigenvalue weighted by Gasteiger charge is 2.18. The van der Waals surface area contributed by atoms with Crippen molar-refractivity contribution in [1.82, 2.24) is 19.1 Å². The highest BCUT2D eigenvalue weighted by molar-refractivity contribution is 6.11. The average Bonchev–Trinajstić information content (AvgIpc) is 3.68. The molecule has 0 aliphatic heterocycles. The number of benzene rings is 6. The van der Waals surface area contributed by atoms with E-state index in [1.165, 1.54) is 32.6 Å². The van der Waals surface area contributed by atoms with Crippen molar-refractivity contribution in [1.29, 1.82) is 0 Å². The Morgan fingerprint density at radius 1 is 0.375 bits per heavy atom. The standard InChI is InChI=1S/C44H28N4/c1-5-16-40-33(12-1)34-13-2-6-17-41(34)47(40)32-20-21-39-38(27-32)37(31-11-9-10-30(26-31)29-22-24-45-25-23-29)28-44(46-39)48-42-18-7-3-14-35(42)36-15-4-8-19-43(36)48/h1-28H. The quantitative estimate of drug-likeness (QED) is 0.198. The summed E-state index contributed by atoms with van der Waals surface area (Å²) in [5, 5.41) is 6.04. The topological polar surface area (TPSA) is 35.6 Å². The van der Waals surface area contributed by atoms with E-state index in [9.17, 15) is 0 Å². The van der Waals surface area contributed by atoms with Crippen LogP contribution in [0.4, 0.5) is 0 Å². The predicted molar refractivity (Wildman–Crippen MR) is 199 cm³/mol. The number of hydrogen-bond acceptors (Lipinski definition) is 2. The lowest BCUT2D eigenvalue weighted by Crippen LogP contribution is -2.00. The summed E-state index contributed by atoms with van der Waals surface area (Å²) in [6, 6.07) is 56.4. The minimum Gasteiger partial charge on any atom is -0.309 e. The lowest BCUT2D eigenvalue weighted by Gasteiger charge is -2.16. The van der Waals surface area contributed by atoms with Gasteiger partial charge in [-0.2, -0.15) is 0 Å². The Balaban J connectivity index is 1.28. The van der Waals surface area contributed by atoms with Crippen LogP contribution >= 0.6 is 0 Å². The van der Waals surface area contributed by atoms with Crippen molar-refractivity contribution < 1.29 is 0 Å². The Hall–Kier alpha value is -6.52. The third-order valence-corrected chi connectivity index (χ3v) is 9.61. The Morgan fingerprint density at radius 3 is 1.52 bits per heavy atom. The molecule has 0 spiro atoms. The zero-order valence-electron chi connectivity index (χ0n) is 26.0. The van der Waals surface area contributed by atoms with Crippen LogP contribution in [0, 0.1) is 0 Å². The summed E-state index contributed by atoms with van der Waals surface area (Å²) in [5.74, 6) is 0.897. The normalized spacial score (nSPS) is 11.8. The van der Waals surface area contributed by atoms with Gasteiger partial charge in [0.05, 0.1) is 27.6 Å². The van der Waals surface area contributed by atoms with Gasteiger partial charge in [-0.25, -0.2) is 4.98 Å². The number of hydrogen-bond donors (Lipinski definition) is 0. The van der Waals surface area contributed by atoms with Crippen LogP contribution in [0.5, 0.6) is 0 Å². The molecule has 0 atom stereocenters. The number of aromatic nitrogens is 4. The molecule has 0 bridgehead atoms. The summed E-state index contributed by atoms with van der Waals surface area (Å²) in [6.07, 6.45) is 3.70. The molecule has 4 heteroatoms. The maximum atomic E-state index is 5.38. The second kappa shape index (κ2) is 10.5. The van der Waals surface area contributed by atoms with Crippen molar-refractivity contribution in [2.45, 2.75) is 0 Å². The van der Waals surface area contributed by atoms with E-state index in [2.05, 4.69) is 172 Å². The molecular weight excluding hydrogens is 585 g/mol. The SMILES string of the molecule is c1cc(-c2ccncc2)cc(-c2cc(-n3c4ccccc4c4ccccc43)nc3ccc(-n4c5ccccc5c5ccccc54)cc23)c1. The van der Waals surface area contributed by atoms with Gasteiger partial charge in [0, 0.05) is 45.0 Å². The van der Waals surface area contributed by atoms with Crippen molar-refractivity contribution in [2.24, 2.45) is 0 Å². The molecule has 0 N–H and O–H groups in total. The van der Waals surface area contributed by atoms with Crippen molar-refractivity contribution in [2.75, 3.05) is 0 Å². The van der Waals surface area contributed by atoms with Gasteiger partial charge in [0.25, 0.3) is 0 Å². The molecule has 0 saturated heterocycles. The van der Waals surface area contributed by atoms with Crippen LogP contribution in [0.2, 0.25) is 0 Å². The smallest absolute Gasteiger partial charge is 0.138 e. The first kappa shape index (κ1) is 26.7. The van der Waals surface area contributed by atoms with E-state index in [1.54, 1.807) is 0 Å². The number of fused-ring (bicyclic) bond motifs is 7. The summed E-state index contributed by atoms with van der Waals surface area (Å²) >= 11 is 0. The fourth-order valence-corrected chi connectivity index (χ4v) is 7.47. The second-order valence-electron chi connectivity index (χ2n) is 12.3. The summed E-state index contributed by atoms with van der Waals surface area (Å²) in [5.41, 5.74) is 11.3. The third-order valence-electron chi connectivity index (χ3n) is 9.61. The lowest BCUT2D eigenvalue weighted by atomic mass is 9.96. The number of para-hydroxylation sites is 4. The van der Waals surface area contributed by atoms with E-state index in [0.717, 1.165) is 55.7 Å². The molecule has 4 heterocycles. The Bertz CT molecular complexity index is 2740. The molecule has 0 unspecified atom stereocenters. The van der Waals surface area contributed by atoms with Crippen LogP contribution < -0.4 is 0 Å². The van der Waals surface area contributed by atoms with Crippen LogP contribution in [0.15, 0.2) is 170 Å². The largest absolute Gasteiger partial charge is 0.309 e. The average molecular weight is 613 g/mol. The molecule has 0 radical (unpaired) electrons. The van der Waals surface area contributed by atoms with Gasteiger partial charge >= 0.3 is 0 Å². The van der Waals surface area contributed by atoms with Gasteiger partial charge in [-0.05, 0) is 89.0 Å². The Morgan fingerprint density at radius 2 is 0.917 bits per heavy atom. The molecule has 0 saturated carbocycles. The summed E-state index contributed by atoms with van der Waals surface area (Å²) < 4.78 is 4.68. The van der Waals surface area contributed by atoms with Gasteiger partial charge in [0.15, 0.2) is 0 Å². The minimum absolute atomic E-state index is 0.897. The number of nitrogens with zero attached hydrogens (tertiary/aromatic N) is 4. The molecular formula is C44H28N4. The highest BCUT2D eigenvalue weighted by atomic mass is 15.1. The predicted octanol–water partition coefficient (Wildman–Crippen LogP) is 11.2. The van der Waals surface area contributed by atoms with Gasteiger partial charge in [0.2, 0.25) is 0 Å². The fraction of sp³-hybridized carbons (Fsp3) is 0. The lowest BCUT2D eigenvalue weighted by molar-refractivity contribution is 1.10. The maximum Gasteiger partial charge on any atom is 0.138 e. The zero-order valence-corrected chi connectivity index (χ0v) is 26.0. The van der Waals surface area contributed by atoms with Gasteiger partial charge in [-0.3, -0.25) is 9.55 Å². The van der Waals surface area contributed by atoms with E-state index >= 15 is 0 Å². The zero-order chi connectivity index (χ0) is 31.6. The highest BCUT2D eigenvalue weighted by Crippen LogP contribution is 2.38.